The first-order chi connectivity index (χ1) is 11.8. The summed E-state index contributed by atoms with van der Waals surface area (Å²) in [6.45, 7) is 7.35. The molecule has 2 aromatic rings. The summed E-state index contributed by atoms with van der Waals surface area (Å²) in [7, 11) is 0. The minimum Gasteiger partial charge on any atom is -0.493 e. The fourth-order valence-electron chi connectivity index (χ4n) is 2.46. The van der Waals surface area contributed by atoms with Gasteiger partial charge < -0.3 is 9.47 Å². The van der Waals surface area contributed by atoms with E-state index in [1.807, 2.05) is 6.92 Å². The fourth-order valence-corrected chi connectivity index (χ4v) is 2.82. The summed E-state index contributed by atoms with van der Waals surface area (Å²) in [6, 6.07) is 6.82. The molecule has 0 unspecified atom stereocenters. The van der Waals surface area contributed by atoms with Gasteiger partial charge in [-0.1, -0.05) is 11.6 Å². The van der Waals surface area contributed by atoms with Crippen LogP contribution in [0.2, 0.25) is 5.15 Å². The molecule has 0 aliphatic heterocycles. The highest BCUT2D eigenvalue weighted by atomic mass is 35.5. The van der Waals surface area contributed by atoms with Crippen molar-refractivity contribution in [3.63, 3.8) is 0 Å². The van der Waals surface area contributed by atoms with Crippen LogP contribution in [0.5, 0.6) is 5.75 Å². The van der Waals surface area contributed by atoms with Crippen molar-refractivity contribution in [1.82, 2.24) is 4.98 Å². The van der Waals surface area contributed by atoms with Crippen molar-refractivity contribution in [2.24, 2.45) is 0 Å². The number of pyridine rings is 1. The molecule has 0 aliphatic carbocycles. The molecule has 132 valence electrons. The Morgan fingerprint density at radius 3 is 2.52 bits per heavy atom. The number of carbonyl (C=O) groups is 2. The summed E-state index contributed by atoms with van der Waals surface area (Å²) in [6.07, 6.45) is 0. The lowest BCUT2D eigenvalue weighted by molar-refractivity contribution is 0.0468. The van der Waals surface area contributed by atoms with Crippen LogP contribution < -0.4 is 4.74 Å². The Morgan fingerprint density at radius 2 is 1.92 bits per heavy atom. The van der Waals surface area contributed by atoms with Crippen molar-refractivity contribution in [2.75, 3.05) is 6.61 Å². The molecular formula is C19H20ClNO4. The number of ketones is 1. The Hall–Kier alpha value is -2.40. The van der Waals surface area contributed by atoms with Gasteiger partial charge in [-0.2, -0.15) is 0 Å². The lowest BCUT2D eigenvalue weighted by Crippen LogP contribution is -2.10. The average molecular weight is 362 g/mol. The molecule has 0 fully saturated rings. The third-order valence-corrected chi connectivity index (χ3v) is 3.90. The molecule has 25 heavy (non-hydrogen) atoms. The summed E-state index contributed by atoms with van der Waals surface area (Å²) in [5.74, 6) is -0.0620. The number of esters is 1. The molecule has 0 spiro atoms. The highest BCUT2D eigenvalue weighted by Crippen LogP contribution is 2.24. The number of ether oxygens (including phenoxy) is 2. The maximum absolute atomic E-state index is 12.4. The number of Topliss-reactive ketones (excluding diaryl/α,β-unsaturated/α-hetero) is 1. The summed E-state index contributed by atoms with van der Waals surface area (Å²) in [5, 5.41) is 0.116. The third-order valence-electron chi connectivity index (χ3n) is 3.63. The Bertz CT molecular complexity index is 794. The smallest absolute Gasteiger partial charge is 0.341 e. The standard InChI is InChI=1S/C19H20ClNO4/c1-5-24-16-7-6-14(13(4)22)9-15(16)10-25-19(23)17-11(2)8-12(3)21-18(17)20/h6-9H,5,10H2,1-4H3. The quantitative estimate of drug-likeness (QED) is 0.435. The highest BCUT2D eigenvalue weighted by molar-refractivity contribution is 6.32. The Balaban J connectivity index is 2.24. The minimum atomic E-state index is -0.564. The Morgan fingerprint density at radius 1 is 1.20 bits per heavy atom. The normalized spacial score (nSPS) is 10.4. The number of halogens is 1. The summed E-state index contributed by atoms with van der Waals surface area (Å²) in [4.78, 5) is 28.1. The van der Waals surface area contributed by atoms with Crippen LogP contribution in [0, 0.1) is 13.8 Å². The van der Waals surface area contributed by atoms with Crippen molar-refractivity contribution >= 4 is 23.4 Å². The number of hydrogen-bond acceptors (Lipinski definition) is 5. The summed E-state index contributed by atoms with van der Waals surface area (Å²) in [5.41, 5.74) is 2.82. The van der Waals surface area contributed by atoms with Gasteiger partial charge in [-0.15, -0.1) is 0 Å². The Kier molecular flexibility index (Phi) is 6.15. The first-order valence-corrected chi connectivity index (χ1v) is 8.28. The molecule has 1 aromatic carbocycles. The zero-order valence-electron chi connectivity index (χ0n) is 14.7. The van der Waals surface area contributed by atoms with Crippen LogP contribution in [0.4, 0.5) is 0 Å². The van der Waals surface area contributed by atoms with Crippen molar-refractivity contribution < 1.29 is 19.1 Å². The van der Waals surface area contributed by atoms with Gasteiger partial charge in [-0.05, 0) is 57.5 Å². The van der Waals surface area contributed by atoms with Gasteiger partial charge in [0.05, 0.1) is 12.2 Å². The third kappa shape index (κ3) is 4.57. The second-order valence-electron chi connectivity index (χ2n) is 5.63. The lowest BCUT2D eigenvalue weighted by Gasteiger charge is -2.13. The molecule has 0 N–H and O–H groups in total. The summed E-state index contributed by atoms with van der Waals surface area (Å²) < 4.78 is 10.9. The van der Waals surface area contributed by atoms with E-state index >= 15 is 0 Å². The van der Waals surface area contributed by atoms with E-state index in [9.17, 15) is 9.59 Å². The molecule has 0 radical (unpaired) electrons. The number of aromatic nitrogens is 1. The predicted octanol–water partition coefficient (Wildman–Crippen LogP) is 4.31. The van der Waals surface area contributed by atoms with E-state index in [2.05, 4.69) is 4.98 Å². The van der Waals surface area contributed by atoms with Gasteiger partial charge in [0.25, 0.3) is 0 Å². The van der Waals surface area contributed by atoms with Gasteiger partial charge in [0, 0.05) is 16.8 Å². The Labute approximate surface area is 151 Å². The van der Waals surface area contributed by atoms with E-state index < -0.39 is 5.97 Å². The van der Waals surface area contributed by atoms with E-state index in [0.29, 0.717) is 29.0 Å². The van der Waals surface area contributed by atoms with E-state index in [1.54, 1.807) is 38.1 Å². The van der Waals surface area contributed by atoms with Crippen LogP contribution in [0.1, 0.15) is 51.4 Å². The van der Waals surface area contributed by atoms with Gasteiger partial charge in [0.15, 0.2) is 5.78 Å². The lowest BCUT2D eigenvalue weighted by atomic mass is 10.1. The number of benzene rings is 1. The largest absolute Gasteiger partial charge is 0.493 e. The van der Waals surface area contributed by atoms with Gasteiger partial charge in [0.2, 0.25) is 0 Å². The number of aryl methyl sites for hydroxylation is 2. The first-order valence-electron chi connectivity index (χ1n) is 7.91. The molecule has 1 aromatic heterocycles. The number of hydrogen-bond donors (Lipinski definition) is 0. The van der Waals surface area contributed by atoms with Crippen LogP contribution in [-0.2, 0) is 11.3 Å². The van der Waals surface area contributed by atoms with E-state index in [1.165, 1.54) is 6.92 Å². The highest BCUT2D eigenvalue weighted by Gasteiger charge is 2.18. The molecule has 2 rings (SSSR count). The van der Waals surface area contributed by atoms with Crippen LogP contribution in [-0.4, -0.2) is 23.3 Å². The van der Waals surface area contributed by atoms with Crippen LogP contribution in [0.3, 0.4) is 0 Å². The van der Waals surface area contributed by atoms with Gasteiger partial charge in [-0.3, -0.25) is 4.79 Å². The maximum atomic E-state index is 12.4. The number of carbonyl (C=O) groups excluding carboxylic acids is 2. The zero-order valence-corrected chi connectivity index (χ0v) is 15.4. The van der Waals surface area contributed by atoms with Crippen molar-refractivity contribution in [2.45, 2.75) is 34.3 Å². The van der Waals surface area contributed by atoms with Crippen LogP contribution in [0.15, 0.2) is 24.3 Å². The van der Waals surface area contributed by atoms with Gasteiger partial charge >= 0.3 is 5.97 Å². The number of nitrogens with zero attached hydrogens (tertiary/aromatic N) is 1. The zero-order chi connectivity index (χ0) is 18.6. The molecule has 5 nitrogen and oxygen atoms in total. The van der Waals surface area contributed by atoms with E-state index in [4.69, 9.17) is 21.1 Å². The number of rotatable bonds is 6. The fraction of sp³-hybridized carbons (Fsp3) is 0.316. The minimum absolute atomic E-state index is 0.0288. The molecule has 1 heterocycles. The topological polar surface area (TPSA) is 65.5 Å². The van der Waals surface area contributed by atoms with Crippen molar-refractivity contribution in [3.05, 3.63) is 57.4 Å². The predicted molar refractivity (Wildman–Crippen MR) is 95.5 cm³/mol. The second-order valence-corrected chi connectivity index (χ2v) is 5.99. The first kappa shape index (κ1) is 18.9. The van der Waals surface area contributed by atoms with Gasteiger partial charge in [0.1, 0.15) is 17.5 Å². The molecule has 0 bridgehead atoms. The van der Waals surface area contributed by atoms with Crippen LogP contribution >= 0.6 is 11.6 Å². The van der Waals surface area contributed by atoms with E-state index in [-0.39, 0.29) is 23.1 Å². The molecular weight excluding hydrogens is 342 g/mol. The van der Waals surface area contributed by atoms with Gasteiger partial charge in [-0.25, -0.2) is 9.78 Å². The molecule has 0 saturated heterocycles. The average Bonchev–Trinajstić information content (AvgIpc) is 2.53. The van der Waals surface area contributed by atoms with Crippen LogP contribution in [0.25, 0.3) is 0 Å². The van der Waals surface area contributed by atoms with E-state index in [0.717, 1.165) is 5.69 Å². The monoisotopic (exact) mass is 361 g/mol. The van der Waals surface area contributed by atoms with Crippen molar-refractivity contribution in [1.29, 1.82) is 0 Å². The maximum Gasteiger partial charge on any atom is 0.341 e. The molecule has 0 amide bonds. The molecule has 6 heteroatoms. The van der Waals surface area contributed by atoms with Crippen molar-refractivity contribution in [3.8, 4) is 5.75 Å². The second kappa shape index (κ2) is 8.12. The molecule has 0 aliphatic rings. The molecule has 0 saturated carbocycles. The summed E-state index contributed by atoms with van der Waals surface area (Å²) >= 11 is 6.08. The SMILES string of the molecule is CCOc1ccc(C(C)=O)cc1COC(=O)c1c(C)cc(C)nc1Cl. The molecule has 0 atom stereocenters.